The molecule has 0 radical (unpaired) electrons. The van der Waals surface area contributed by atoms with Gasteiger partial charge in [0.2, 0.25) is 0 Å². The van der Waals surface area contributed by atoms with Gasteiger partial charge in [0.1, 0.15) is 5.82 Å². The molecule has 0 saturated carbocycles. The highest BCUT2D eigenvalue weighted by atomic mass is 79.9. The SMILES string of the molecule is Cc1ccnc(NC(C)c2cccc(Cl)c2)c1Br. The zero-order valence-corrected chi connectivity index (χ0v) is 12.6. The van der Waals surface area contributed by atoms with E-state index in [0.717, 1.165) is 26.4 Å². The minimum absolute atomic E-state index is 0.147. The van der Waals surface area contributed by atoms with E-state index < -0.39 is 0 Å². The molecule has 1 unspecified atom stereocenters. The standard InChI is InChI=1S/C14H14BrClN2/c1-9-6-7-17-14(13(9)15)18-10(2)11-4-3-5-12(16)8-11/h3-8,10H,1-2H3,(H,17,18). The van der Waals surface area contributed by atoms with Crippen LogP contribution in [0.3, 0.4) is 0 Å². The summed E-state index contributed by atoms with van der Waals surface area (Å²) in [6.45, 7) is 4.13. The van der Waals surface area contributed by atoms with Crippen LogP contribution < -0.4 is 5.32 Å². The number of hydrogen-bond acceptors (Lipinski definition) is 2. The van der Waals surface area contributed by atoms with Crippen molar-refractivity contribution in [3.63, 3.8) is 0 Å². The van der Waals surface area contributed by atoms with Gasteiger partial charge in [-0.05, 0) is 59.1 Å². The summed E-state index contributed by atoms with van der Waals surface area (Å²) in [5.74, 6) is 0.850. The van der Waals surface area contributed by atoms with E-state index >= 15 is 0 Å². The average Bonchev–Trinajstić information content (AvgIpc) is 2.35. The Bertz CT molecular complexity index is 557. The molecule has 2 aromatic rings. The molecule has 18 heavy (non-hydrogen) atoms. The molecule has 1 N–H and O–H groups in total. The van der Waals surface area contributed by atoms with Gasteiger partial charge in [0.05, 0.1) is 10.5 Å². The van der Waals surface area contributed by atoms with E-state index in [1.54, 1.807) is 6.20 Å². The number of anilines is 1. The molecule has 2 nitrogen and oxygen atoms in total. The molecular weight excluding hydrogens is 312 g/mol. The lowest BCUT2D eigenvalue weighted by Crippen LogP contribution is -2.08. The first-order chi connectivity index (χ1) is 8.58. The zero-order valence-electron chi connectivity index (χ0n) is 10.2. The van der Waals surface area contributed by atoms with Gasteiger partial charge in [-0.3, -0.25) is 0 Å². The number of aryl methyl sites for hydroxylation is 1. The van der Waals surface area contributed by atoms with Crippen LogP contribution in [0.15, 0.2) is 41.0 Å². The first kappa shape index (κ1) is 13.4. The third-order valence-electron chi connectivity index (χ3n) is 2.78. The predicted molar refractivity (Wildman–Crippen MR) is 80.2 cm³/mol. The summed E-state index contributed by atoms with van der Waals surface area (Å²) >= 11 is 9.54. The number of rotatable bonds is 3. The highest BCUT2D eigenvalue weighted by molar-refractivity contribution is 9.10. The smallest absolute Gasteiger partial charge is 0.141 e. The van der Waals surface area contributed by atoms with Crippen LogP contribution in [0.1, 0.15) is 24.1 Å². The van der Waals surface area contributed by atoms with Crippen LogP contribution in [-0.4, -0.2) is 4.98 Å². The lowest BCUT2D eigenvalue weighted by molar-refractivity contribution is 0.872. The largest absolute Gasteiger partial charge is 0.363 e. The Morgan fingerprint density at radius 1 is 1.33 bits per heavy atom. The number of nitrogens with zero attached hydrogens (tertiary/aromatic N) is 1. The summed E-state index contributed by atoms with van der Waals surface area (Å²) in [6, 6.07) is 9.96. The second-order valence-corrected chi connectivity index (χ2v) is 5.44. The third-order valence-corrected chi connectivity index (χ3v) is 4.02. The maximum absolute atomic E-state index is 6.00. The fourth-order valence-corrected chi connectivity index (χ4v) is 2.25. The van der Waals surface area contributed by atoms with E-state index in [4.69, 9.17) is 11.6 Å². The molecule has 0 spiro atoms. The summed E-state index contributed by atoms with van der Waals surface area (Å²) in [7, 11) is 0. The first-order valence-electron chi connectivity index (χ1n) is 5.71. The molecule has 1 atom stereocenters. The summed E-state index contributed by atoms with van der Waals surface area (Å²) in [5.41, 5.74) is 2.29. The number of aromatic nitrogens is 1. The van der Waals surface area contributed by atoms with Gasteiger partial charge >= 0.3 is 0 Å². The maximum Gasteiger partial charge on any atom is 0.141 e. The van der Waals surface area contributed by atoms with Gasteiger partial charge in [0.25, 0.3) is 0 Å². The molecule has 94 valence electrons. The van der Waals surface area contributed by atoms with Crippen molar-refractivity contribution >= 4 is 33.3 Å². The summed E-state index contributed by atoms with van der Waals surface area (Å²) in [6.07, 6.45) is 1.80. The second kappa shape index (κ2) is 5.72. The van der Waals surface area contributed by atoms with Gasteiger partial charge in [-0.1, -0.05) is 23.7 Å². The first-order valence-corrected chi connectivity index (χ1v) is 6.88. The Balaban J connectivity index is 2.21. The summed E-state index contributed by atoms with van der Waals surface area (Å²) in [4.78, 5) is 4.34. The molecule has 4 heteroatoms. The molecular formula is C14H14BrClN2. The Labute approximate surface area is 121 Å². The van der Waals surface area contributed by atoms with Crippen molar-refractivity contribution in [1.82, 2.24) is 4.98 Å². The maximum atomic E-state index is 6.00. The molecule has 0 aliphatic rings. The molecule has 0 amide bonds. The van der Waals surface area contributed by atoms with Gasteiger partial charge in [0.15, 0.2) is 0 Å². The normalized spacial score (nSPS) is 12.2. The average molecular weight is 326 g/mol. The van der Waals surface area contributed by atoms with Crippen LogP contribution >= 0.6 is 27.5 Å². The van der Waals surface area contributed by atoms with Crippen molar-refractivity contribution < 1.29 is 0 Å². The molecule has 0 aliphatic heterocycles. The van der Waals surface area contributed by atoms with Gasteiger partial charge < -0.3 is 5.32 Å². The topological polar surface area (TPSA) is 24.9 Å². The Morgan fingerprint density at radius 3 is 2.83 bits per heavy atom. The van der Waals surface area contributed by atoms with Crippen LogP contribution in [-0.2, 0) is 0 Å². The number of pyridine rings is 1. The number of halogens is 2. The Hall–Kier alpha value is -1.06. The third kappa shape index (κ3) is 3.03. The van der Waals surface area contributed by atoms with E-state index in [9.17, 15) is 0 Å². The second-order valence-electron chi connectivity index (χ2n) is 4.21. The Kier molecular flexibility index (Phi) is 4.25. The zero-order chi connectivity index (χ0) is 13.1. The van der Waals surface area contributed by atoms with E-state index in [0.29, 0.717) is 0 Å². The molecule has 0 saturated heterocycles. The van der Waals surface area contributed by atoms with Gasteiger partial charge in [-0.2, -0.15) is 0 Å². The van der Waals surface area contributed by atoms with Crippen LogP contribution in [0.25, 0.3) is 0 Å². The predicted octanol–water partition coefficient (Wildman–Crippen LogP) is 4.98. The van der Waals surface area contributed by atoms with E-state index in [1.165, 1.54) is 0 Å². The highest BCUT2D eigenvalue weighted by Crippen LogP contribution is 2.27. The lowest BCUT2D eigenvalue weighted by Gasteiger charge is -2.16. The van der Waals surface area contributed by atoms with Crippen molar-refractivity contribution in [2.45, 2.75) is 19.9 Å². The molecule has 0 fully saturated rings. The summed E-state index contributed by atoms with van der Waals surface area (Å²) < 4.78 is 0.999. The van der Waals surface area contributed by atoms with Crippen LogP contribution in [0.4, 0.5) is 5.82 Å². The number of hydrogen-bond donors (Lipinski definition) is 1. The van der Waals surface area contributed by atoms with E-state index in [1.807, 2.05) is 37.3 Å². The van der Waals surface area contributed by atoms with Gasteiger partial charge in [-0.15, -0.1) is 0 Å². The quantitative estimate of drug-likeness (QED) is 0.861. The van der Waals surface area contributed by atoms with Crippen LogP contribution in [0.5, 0.6) is 0 Å². The molecule has 1 aromatic carbocycles. The summed E-state index contributed by atoms with van der Waals surface area (Å²) in [5, 5.41) is 4.13. The lowest BCUT2D eigenvalue weighted by atomic mass is 10.1. The number of nitrogens with one attached hydrogen (secondary N) is 1. The van der Waals surface area contributed by atoms with Crippen molar-refractivity contribution in [1.29, 1.82) is 0 Å². The molecule has 1 aromatic heterocycles. The van der Waals surface area contributed by atoms with E-state index in [2.05, 4.69) is 33.2 Å². The van der Waals surface area contributed by atoms with E-state index in [-0.39, 0.29) is 6.04 Å². The molecule has 0 bridgehead atoms. The van der Waals surface area contributed by atoms with Crippen molar-refractivity contribution in [3.05, 3.63) is 57.2 Å². The molecule has 1 heterocycles. The highest BCUT2D eigenvalue weighted by Gasteiger charge is 2.09. The number of benzene rings is 1. The molecule has 2 rings (SSSR count). The van der Waals surface area contributed by atoms with Gasteiger partial charge in [0, 0.05) is 11.2 Å². The van der Waals surface area contributed by atoms with Crippen LogP contribution in [0, 0.1) is 6.92 Å². The fourth-order valence-electron chi connectivity index (χ4n) is 1.71. The van der Waals surface area contributed by atoms with Crippen molar-refractivity contribution in [3.8, 4) is 0 Å². The minimum Gasteiger partial charge on any atom is -0.363 e. The van der Waals surface area contributed by atoms with Crippen LogP contribution in [0.2, 0.25) is 5.02 Å². The Morgan fingerprint density at radius 2 is 2.11 bits per heavy atom. The monoisotopic (exact) mass is 324 g/mol. The molecule has 0 aliphatic carbocycles. The van der Waals surface area contributed by atoms with Crippen molar-refractivity contribution in [2.24, 2.45) is 0 Å². The van der Waals surface area contributed by atoms with Gasteiger partial charge in [-0.25, -0.2) is 4.98 Å². The fraction of sp³-hybridized carbons (Fsp3) is 0.214. The minimum atomic E-state index is 0.147. The van der Waals surface area contributed by atoms with Crippen molar-refractivity contribution in [2.75, 3.05) is 5.32 Å².